The Labute approximate surface area is 107 Å². The fraction of sp³-hybridized carbons (Fsp3) is 0.538. The third-order valence-electron chi connectivity index (χ3n) is 3.50. The Morgan fingerprint density at radius 2 is 1.94 bits per heavy atom. The van der Waals surface area contributed by atoms with Gasteiger partial charge in [-0.05, 0) is 38.1 Å². The van der Waals surface area contributed by atoms with Gasteiger partial charge in [-0.25, -0.2) is 9.50 Å². The molecule has 5 nitrogen and oxygen atoms in total. The van der Waals surface area contributed by atoms with Crippen LogP contribution in [0.1, 0.15) is 31.5 Å². The number of hydrogen-bond acceptors (Lipinski definition) is 4. The molecule has 1 fully saturated rings. The summed E-state index contributed by atoms with van der Waals surface area (Å²) in [5.41, 5.74) is 7.34. The van der Waals surface area contributed by atoms with E-state index in [2.05, 4.69) is 15.0 Å². The topological polar surface area (TPSA) is 59.5 Å². The van der Waals surface area contributed by atoms with E-state index in [-0.39, 0.29) is 0 Å². The van der Waals surface area contributed by atoms with Gasteiger partial charge in [-0.1, -0.05) is 12.8 Å². The van der Waals surface area contributed by atoms with Gasteiger partial charge in [0.2, 0.25) is 0 Å². The van der Waals surface area contributed by atoms with Crippen LogP contribution >= 0.6 is 0 Å². The summed E-state index contributed by atoms with van der Waals surface area (Å²) in [4.78, 5) is 6.96. The van der Waals surface area contributed by atoms with E-state index in [9.17, 15) is 0 Å². The minimum Gasteiger partial charge on any atom is -0.396 e. The third-order valence-corrected chi connectivity index (χ3v) is 3.50. The molecule has 0 unspecified atom stereocenters. The smallest absolute Gasteiger partial charge is 0.178 e. The molecule has 5 heteroatoms. The molecule has 0 bridgehead atoms. The minimum absolute atomic E-state index is 0.687. The van der Waals surface area contributed by atoms with Gasteiger partial charge in [0.05, 0.1) is 12.2 Å². The van der Waals surface area contributed by atoms with Crippen molar-refractivity contribution < 1.29 is 0 Å². The molecule has 0 aromatic carbocycles. The summed E-state index contributed by atoms with van der Waals surface area (Å²) < 4.78 is 1.77. The highest BCUT2D eigenvalue weighted by Crippen LogP contribution is 2.14. The zero-order valence-corrected chi connectivity index (χ0v) is 10.5. The summed E-state index contributed by atoms with van der Waals surface area (Å²) in [6, 6.07) is 3.76. The SMILES string of the molecule is Nc1cccn2nc(CN3CCCCCC3)nc12. The molecule has 18 heavy (non-hydrogen) atoms. The van der Waals surface area contributed by atoms with E-state index in [0.717, 1.165) is 31.1 Å². The molecule has 0 spiro atoms. The number of nitrogen functional groups attached to an aromatic ring is 1. The maximum atomic E-state index is 5.89. The van der Waals surface area contributed by atoms with E-state index < -0.39 is 0 Å². The van der Waals surface area contributed by atoms with Gasteiger partial charge in [-0.15, -0.1) is 5.10 Å². The van der Waals surface area contributed by atoms with Crippen LogP contribution in [0.25, 0.3) is 5.65 Å². The maximum Gasteiger partial charge on any atom is 0.178 e. The fourth-order valence-corrected chi connectivity index (χ4v) is 2.53. The van der Waals surface area contributed by atoms with Crippen LogP contribution in [-0.2, 0) is 6.54 Å². The monoisotopic (exact) mass is 245 g/mol. The van der Waals surface area contributed by atoms with Crippen LogP contribution in [0.5, 0.6) is 0 Å². The van der Waals surface area contributed by atoms with Gasteiger partial charge in [0.15, 0.2) is 11.5 Å². The van der Waals surface area contributed by atoms with Gasteiger partial charge in [0.25, 0.3) is 0 Å². The molecule has 3 rings (SSSR count). The van der Waals surface area contributed by atoms with Gasteiger partial charge in [0, 0.05) is 6.20 Å². The predicted octanol–water partition coefficient (Wildman–Crippen LogP) is 1.69. The van der Waals surface area contributed by atoms with Crippen molar-refractivity contribution in [3.05, 3.63) is 24.2 Å². The lowest BCUT2D eigenvalue weighted by molar-refractivity contribution is 0.270. The number of anilines is 1. The highest BCUT2D eigenvalue weighted by atomic mass is 15.3. The summed E-state index contributed by atoms with van der Waals surface area (Å²) in [7, 11) is 0. The molecule has 2 aromatic rings. The molecule has 0 radical (unpaired) electrons. The molecule has 0 amide bonds. The Kier molecular flexibility index (Phi) is 3.15. The van der Waals surface area contributed by atoms with E-state index in [1.807, 2.05) is 18.3 Å². The van der Waals surface area contributed by atoms with Crippen LogP contribution in [0, 0.1) is 0 Å². The second kappa shape index (κ2) is 4.94. The second-order valence-electron chi connectivity index (χ2n) is 4.95. The zero-order chi connectivity index (χ0) is 12.4. The van der Waals surface area contributed by atoms with Gasteiger partial charge in [0.1, 0.15) is 0 Å². The Hall–Kier alpha value is -1.62. The number of likely N-dealkylation sites (tertiary alicyclic amines) is 1. The van der Waals surface area contributed by atoms with Gasteiger partial charge in [-0.3, -0.25) is 4.90 Å². The summed E-state index contributed by atoms with van der Waals surface area (Å²) >= 11 is 0. The molecular weight excluding hydrogens is 226 g/mol. The van der Waals surface area contributed by atoms with Gasteiger partial charge >= 0.3 is 0 Å². The molecule has 2 aromatic heterocycles. The third kappa shape index (κ3) is 2.31. The number of rotatable bonds is 2. The maximum absolute atomic E-state index is 5.89. The largest absolute Gasteiger partial charge is 0.396 e. The molecule has 96 valence electrons. The molecule has 1 aliphatic heterocycles. The molecule has 0 aliphatic carbocycles. The molecule has 3 heterocycles. The first kappa shape index (κ1) is 11.5. The Morgan fingerprint density at radius 3 is 2.67 bits per heavy atom. The van der Waals surface area contributed by atoms with Crippen LogP contribution in [-0.4, -0.2) is 32.6 Å². The highest BCUT2D eigenvalue weighted by Gasteiger charge is 2.13. The molecule has 0 saturated carbocycles. The molecule has 1 aliphatic rings. The number of fused-ring (bicyclic) bond motifs is 1. The van der Waals surface area contributed by atoms with E-state index in [4.69, 9.17) is 5.73 Å². The lowest BCUT2D eigenvalue weighted by Crippen LogP contribution is -2.24. The van der Waals surface area contributed by atoms with Crippen molar-refractivity contribution in [1.82, 2.24) is 19.5 Å². The summed E-state index contributed by atoms with van der Waals surface area (Å²) in [6.45, 7) is 3.15. The number of aromatic nitrogens is 3. The van der Waals surface area contributed by atoms with Crippen LogP contribution in [0.3, 0.4) is 0 Å². The molecule has 2 N–H and O–H groups in total. The summed E-state index contributed by atoms with van der Waals surface area (Å²) in [6.07, 6.45) is 7.17. The first-order valence-electron chi connectivity index (χ1n) is 6.65. The van der Waals surface area contributed by atoms with E-state index in [1.54, 1.807) is 4.52 Å². The quantitative estimate of drug-likeness (QED) is 0.874. The van der Waals surface area contributed by atoms with E-state index in [1.165, 1.54) is 25.7 Å². The number of pyridine rings is 1. The Balaban J connectivity index is 1.79. The van der Waals surface area contributed by atoms with Crippen LogP contribution < -0.4 is 5.73 Å². The fourth-order valence-electron chi connectivity index (χ4n) is 2.53. The van der Waals surface area contributed by atoms with Gasteiger partial charge in [-0.2, -0.15) is 0 Å². The first-order chi connectivity index (χ1) is 8.83. The van der Waals surface area contributed by atoms with Crippen molar-refractivity contribution in [2.45, 2.75) is 32.2 Å². The Morgan fingerprint density at radius 1 is 1.17 bits per heavy atom. The number of nitrogens with two attached hydrogens (primary N) is 1. The second-order valence-corrected chi connectivity index (χ2v) is 4.95. The molecular formula is C13H19N5. The highest BCUT2D eigenvalue weighted by molar-refractivity contribution is 5.63. The van der Waals surface area contributed by atoms with Crippen molar-refractivity contribution in [2.75, 3.05) is 18.8 Å². The average Bonchev–Trinajstić information content (AvgIpc) is 2.60. The summed E-state index contributed by atoms with van der Waals surface area (Å²) in [5, 5.41) is 4.48. The summed E-state index contributed by atoms with van der Waals surface area (Å²) in [5.74, 6) is 0.870. The van der Waals surface area contributed by atoms with Crippen LogP contribution in [0.4, 0.5) is 5.69 Å². The van der Waals surface area contributed by atoms with Crippen molar-refractivity contribution in [3.63, 3.8) is 0 Å². The van der Waals surface area contributed by atoms with E-state index >= 15 is 0 Å². The standard InChI is InChI=1S/C13H19N5/c14-11-6-5-9-18-13(11)15-12(16-18)10-17-7-3-1-2-4-8-17/h5-6,9H,1-4,7-8,10,14H2. The number of nitrogens with zero attached hydrogens (tertiary/aromatic N) is 4. The number of hydrogen-bond donors (Lipinski definition) is 1. The van der Waals surface area contributed by atoms with Crippen molar-refractivity contribution >= 4 is 11.3 Å². The minimum atomic E-state index is 0.687. The van der Waals surface area contributed by atoms with Crippen molar-refractivity contribution in [3.8, 4) is 0 Å². The normalized spacial score (nSPS) is 18.0. The molecule has 0 atom stereocenters. The Bertz CT molecular complexity index is 525. The lowest BCUT2D eigenvalue weighted by atomic mass is 10.2. The van der Waals surface area contributed by atoms with Crippen molar-refractivity contribution in [2.24, 2.45) is 0 Å². The lowest BCUT2D eigenvalue weighted by Gasteiger charge is -2.17. The van der Waals surface area contributed by atoms with Crippen LogP contribution in [0.15, 0.2) is 18.3 Å². The van der Waals surface area contributed by atoms with Gasteiger partial charge < -0.3 is 5.73 Å². The zero-order valence-electron chi connectivity index (χ0n) is 10.5. The average molecular weight is 245 g/mol. The van der Waals surface area contributed by atoms with Crippen molar-refractivity contribution in [1.29, 1.82) is 0 Å². The first-order valence-corrected chi connectivity index (χ1v) is 6.65. The predicted molar refractivity (Wildman–Crippen MR) is 71.1 cm³/mol. The van der Waals surface area contributed by atoms with Crippen LogP contribution in [0.2, 0.25) is 0 Å². The molecule has 1 saturated heterocycles. The van der Waals surface area contributed by atoms with E-state index in [0.29, 0.717) is 5.69 Å².